The number of benzene rings is 1. The van der Waals surface area contributed by atoms with E-state index < -0.39 is 0 Å². The predicted octanol–water partition coefficient (Wildman–Crippen LogP) is 2.73. The Morgan fingerprint density at radius 2 is 2.18 bits per heavy atom. The third-order valence-corrected chi connectivity index (χ3v) is 4.14. The molecule has 8 nitrogen and oxygen atoms in total. The third kappa shape index (κ3) is 6.62. The van der Waals surface area contributed by atoms with Crippen LogP contribution in [0.5, 0.6) is 5.75 Å². The first-order chi connectivity index (χ1) is 13.1. The van der Waals surface area contributed by atoms with Gasteiger partial charge >= 0.3 is 0 Å². The van der Waals surface area contributed by atoms with E-state index in [4.69, 9.17) is 14.0 Å². The monoisotopic (exact) mass is 501 g/mol. The highest BCUT2D eigenvalue weighted by atomic mass is 127. The molecule has 2 heterocycles. The standard InChI is InChI=1S/C19H27N5O3.HI/c1-4-20-19(22-11-18-23-14(3)27-24-18)21-10-15-6-5-13(2)9-17(15)26-16-7-8-25-12-16;/h5-6,9,16H,4,7-8,10-12H2,1-3H3,(H2,20,21,22);1H. The Kier molecular flexibility index (Phi) is 8.97. The van der Waals surface area contributed by atoms with Crippen LogP contribution in [0.4, 0.5) is 0 Å². The molecule has 0 aliphatic carbocycles. The fraction of sp³-hybridized carbons (Fsp3) is 0.526. The highest BCUT2D eigenvalue weighted by molar-refractivity contribution is 14.0. The number of nitrogens with one attached hydrogen (secondary N) is 2. The molecule has 1 aliphatic heterocycles. The van der Waals surface area contributed by atoms with Crippen molar-refractivity contribution in [2.75, 3.05) is 19.8 Å². The van der Waals surface area contributed by atoms with Gasteiger partial charge in [-0.1, -0.05) is 17.3 Å². The van der Waals surface area contributed by atoms with Crippen molar-refractivity contribution >= 4 is 29.9 Å². The van der Waals surface area contributed by atoms with Gasteiger partial charge in [0, 0.05) is 25.5 Å². The molecule has 1 atom stereocenters. The van der Waals surface area contributed by atoms with Gasteiger partial charge in [-0.15, -0.1) is 24.0 Å². The zero-order chi connectivity index (χ0) is 19.1. The van der Waals surface area contributed by atoms with E-state index in [9.17, 15) is 0 Å². The number of ether oxygens (including phenoxy) is 2. The number of rotatable bonds is 7. The average Bonchev–Trinajstić information content (AvgIpc) is 3.30. The Hall–Kier alpha value is -1.88. The Balaban J connectivity index is 0.00000280. The summed E-state index contributed by atoms with van der Waals surface area (Å²) in [6, 6.07) is 6.20. The Bertz CT molecular complexity index is 775. The number of nitrogens with zero attached hydrogens (tertiary/aromatic N) is 3. The number of guanidine groups is 1. The molecule has 1 aromatic carbocycles. The minimum atomic E-state index is 0. The van der Waals surface area contributed by atoms with Gasteiger partial charge in [-0.25, -0.2) is 4.99 Å². The molecule has 1 saturated heterocycles. The van der Waals surface area contributed by atoms with Gasteiger partial charge in [0.15, 0.2) is 11.8 Å². The molecule has 9 heteroatoms. The molecule has 0 radical (unpaired) electrons. The van der Waals surface area contributed by atoms with E-state index in [2.05, 4.69) is 50.9 Å². The van der Waals surface area contributed by atoms with E-state index in [0.717, 1.165) is 36.4 Å². The van der Waals surface area contributed by atoms with Crippen LogP contribution in [0.3, 0.4) is 0 Å². The molecule has 3 rings (SSSR count). The van der Waals surface area contributed by atoms with Crippen molar-refractivity contribution in [1.82, 2.24) is 20.8 Å². The van der Waals surface area contributed by atoms with Crippen molar-refractivity contribution in [2.45, 2.75) is 46.4 Å². The Labute approximate surface area is 182 Å². The van der Waals surface area contributed by atoms with E-state index in [1.165, 1.54) is 0 Å². The fourth-order valence-corrected chi connectivity index (χ4v) is 2.77. The summed E-state index contributed by atoms with van der Waals surface area (Å²) >= 11 is 0. The number of aliphatic imine (C=N–C) groups is 1. The van der Waals surface area contributed by atoms with Gasteiger partial charge in [-0.2, -0.15) is 4.98 Å². The minimum Gasteiger partial charge on any atom is -0.488 e. The van der Waals surface area contributed by atoms with Gasteiger partial charge in [0.1, 0.15) is 11.9 Å². The van der Waals surface area contributed by atoms with Crippen LogP contribution < -0.4 is 15.4 Å². The van der Waals surface area contributed by atoms with Gasteiger partial charge < -0.3 is 24.6 Å². The zero-order valence-corrected chi connectivity index (χ0v) is 18.9. The van der Waals surface area contributed by atoms with Crippen molar-refractivity contribution < 1.29 is 14.0 Å². The maximum absolute atomic E-state index is 6.14. The summed E-state index contributed by atoms with van der Waals surface area (Å²) in [6.45, 7) is 8.96. The molecule has 0 amide bonds. The van der Waals surface area contributed by atoms with Crippen LogP contribution in [-0.2, 0) is 17.8 Å². The minimum absolute atomic E-state index is 0. The van der Waals surface area contributed by atoms with Gasteiger partial charge in [0.25, 0.3) is 0 Å². The van der Waals surface area contributed by atoms with Gasteiger partial charge in [-0.3, -0.25) is 0 Å². The average molecular weight is 501 g/mol. The first-order valence-corrected chi connectivity index (χ1v) is 9.29. The topological polar surface area (TPSA) is 93.8 Å². The molecule has 1 fully saturated rings. The lowest BCUT2D eigenvalue weighted by Crippen LogP contribution is -2.37. The summed E-state index contributed by atoms with van der Waals surface area (Å²) in [5, 5.41) is 10.3. The van der Waals surface area contributed by atoms with E-state index in [1.807, 2.05) is 6.92 Å². The second-order valence-electron chi connectivity index (χ2n) is 6.49. The van der Waals surface area contributed by atoms with Crippen LogP contribution in [0, 0.1) is 13.8 Å². The summed E-state index contributed by atoms with van der Waals surface area (Å²) in [5.74, 6) is 2.71. The highest BCUT2D eigenvalue weighted by Gasteiger charge is 2.18. The van der Waals surface area contributed by atoms with Crippen molar-refractivity contribution in [1.29, 1.82) is 0 Å². The van der Waals surface area contributed by atoms with E-state index in [-0.39, 0.29) is 30.1 Å². The highest BCUT2D eigenvalue weighted by Crippen LogP contribution is 2.24. The van der Waals surface area contributed by atoms with Gasteiger partial charge in [0.05, 0.1) is 26.3 Å². The van der Waals surface area contributed by atoms with Crippen LogP contribution in [0.2, 0.25) is 0 Å². The van der Waals surface area contributed by atoms with E-state index in [0.29, 0.717) is 37.4 Å². The summed E-state index contributed by atoms with van der Waals surface area (Å²) in [7, 11) is 0. The molecule has 0 saturated carbocycles. The Morgan fingerprint density at radius 3 is 2.86 bits per heavy atom. The summed E-state index contributed by atoms with van der Waals surface area (Å²) < 4.78 is 16.5. The number of hydrogen-bond donors (Lipinski definition) is 2. The van der Waals surface area contributed by atoms with E-state index in [1.54, 1.807) is 6.92 Å². The first-order valence-electron chi connectivity index (χ1n) is 9.29. The second kappa shape index (κ2) is 11.2. The van der Waals surface area contributed by atoms with E-state index >= 15 is 0 Å². The van der Waals surface area contributed by atoms with Crippen LogP contribution in [0.25, 0.3) is 0 Å². The van der Waals surface area contributed by atoms with Crippen molar-refractivity contribution in [3.63, 3.8) is 0 Å². The molecule has 1 aliphatic rings. The van der Waals surface area contributed by atoms with Crippen molar-refractivity contribution in [2.24, 2.45) is 4.99 Å². The third-order valence-electron chi connectivity index (χ3n) is 4.14. The maximum atomic E-state index is 6.14. The molecule has 2 N–H and O–H groups in total. The molecule has 0 bridgehead atoms. The SMILES string of the molecule is CCNC(=NCc1ccc(C)cc1OC1CCOC1)NCc1noc(C)n1.I. The normalized spacial score (nSPS) is 16.5. The molecular weight excluding hydrogens is 473 g/mol. The quantitative estimate of drug-likeness (QED) is 0.343. The van der Waals surface area contributed by atoms with Gasteiger partial charge in [-0.05, 0) is 25.5 Å². The van der Waals surface area contributed by atoms with Crippen LogP contribution in [-0.4, -0.2) is 42.0 Å². The molecule has 28 heavy (non-hydrogen) atoms. The second-order valence-corrected chi connectivity index (χ2v) is 6.49. The molecular formula is C19H28IN5O3. The fourth-order valence-electron chi connectivity index (χ4n) is 2.77. The van der Waals surface area contributed by atoms with Crippen LogP contribution in [0.15, 0.2) is 27.7 Å². The molecule has 1 aromatic heterocycles. The zero-order valence-electron chi connectivity index (χ0n) is 16.5. The molecule has 0 spiro atoms. The predicted molar refractivity (Wildman–Crippen MR) is 117 cm³/mol. The summed E-state index contributed by atoms with van der Waals surface area (Å²) in [4.78, 5) is 8.85. The smallest absolute Gasteiger partial charge is 0.223 e. The molecule has 2 aromatic rings. The molecule has 1 unspecified atom stereocenters. The lowest BCUT2D eigenvalue weighted by Gasteiger charge is -2.16. The first kappa shape index (κ1) is 22.4. The summed E-state index contributed by atoms with van der Waals surface area (Å²) in [5.41, 5.74) is 2.20. The summed E-state index contributed by atoms with van der Waals surface area (Å²) in [6.07, 6.45) is 1.03. The van der Waals surface area contributed by atoms with Crippen molar-refractivity contribution in [3.05, 3.63) is 41.0 Å². The van der Waals surface area contributed by atoms with Crippen LogP contribution >= 0.6 is 24.0 Å². The number of aromatic nitrogens is 2. The number of halogens is 1. The number of aryl methyl sites for hydroxylation is 2. The van der Waals surface area contributed by atoms with Crippen LogP contribution in [0.1, 0.15) is 36.2 Å². The Morgan fingerprint density at radius 1 is 1.32 bits per heavy atom. The largest absolute Gasteiger partial charge is 0.488 e. The lowest BCUT2D eigenvalue weighted by atomic mass is 10.1. The van der Waals surface area contributed by atoms with Crippen molar-refractivity contribution in [3.8, 4) is 5.75 Å². The number of hydrogen-bond acceptors (Lipinski definition) is 6. The lowest BCUT2D eigenvalue weighted by molar-refractivity contribution is 0.140. The maximum Gasteiger partial charge on any atom is 0.223 e. The van der Waals surface area contributed by atoms with Gasteiger partial charge in [0.2, 0.25) is 5.89 Å². The molecule has 154 valence electrons.